The number of rotatable bonds is 3. The minimum atomic E-state index is -3.41. The Balaban J connectivity index is 2.50. The Hall–Kier alpha value is -1.36. The third kappa shape index (κ3) is 2.37. The first-order chi connectivity index (χ1) is 9.74. The minimum Gasteiger partial charge on any atom is -0.393 e. The maximum absolute atomic E-state index is 14.0. The molecule has 0 saturated carbocycles. The van der Waals surface area contributed by atoms with Crippen molar-refractivity contribution >= 4 is 11.6 Å². The molecule has 0 amide bonds. The zero-order valence-corrected chi connectivity index (χ0v) is 10.9. The number of aliphatic hydroxyl groups excluding tert-OH is 2. The van der Waals surface area contributed by atoms with E-state index in [0.29, 0.717) is 10.8 Å². The van der Waals surface area contributed by atoms with Crippen LogP contribution in [0.4, 0.5) is 13.2 Å². The number of hydrogen-bond donors (Lipinski definition) is 3. The summed E-state index contributed by atoms with van der Waals surface area (Å²) < 4.78 is 45.1. The van der Waals surface area contributed by atoms with Gasteiger partial charge in [0.1, 0.15) is 11.1 Å². The van der Waals surface area contributed by atoms with Crippen molar-refractivity contribution in [2.24, 2.45) is 0 Å². The maximum Gasteiger partial charge on any atom is 0.330 e. The summed E-state index contributed by atoms with van der Waals surface area (Å²) in [7, 11) is 0. The first kappa shape index (κ1) is 16.0. The lowest BCUT2D eigenvalue weighted by molar-refractivity contribution is -0.195. The van der Waals surface area contributed by atoms with Crippen LogP contribution in [0.3, 0.4) is 0 Å². The lowest BCUT2D eigenvalue weighted by Gasteiger charge is -2.28. The molecule has 2 heterocycles. The van der Waals surface area contributed by atoms with Gasteiger partial charge in [-0.2, -0.15) is 0 Å². The Bertz CT molecular complexity index is 650. The van der Waals surface area contributed by atoms with Gasteiger partial charge in [0, 0.05) is 6.20 Å². The van der Waals surface area contributed by atoms with Crippen LogP contribution in [-0.4, -0.2) is 50.7 Å². The van der Waals surface area contributed by atoms with E-state index in [1.807, 2.05) is 0 Å². The second-order valence-corrected chi connectivity index (χ2v) is 4.86. The molecule has 0 unspecified atom stereocenters. The van der Waals surface area contributed by atoms with E-state index >= 15 is 0 Å². The zero-order valence-electron chi connectivity index (χ0n) is 10.2. The molecule has 1 aromatic heterocycles. The molecule has 4 atom stereocenters. The molecule has 1 aliphatic heterocycles. The summed E-state index contributed by atoms with van der Waals surface area (Å²) in [4.78, 5) is 24.4. The number of halogens is 4. The van der Waals surface area contributed by atoms with Crippen LogP contribution in [0.25, 0.3) is 0 Å². The molecular weight excluding hydrogens is 321 g/mol. The fraction of sp³-hybridized carbons (Fsp3) is 0.600. The molecule has 21 heavy (non-hydrogen) atoms. The van der Waals surface area contributed by atoms with E-state index in [1.165, 1.54) is 0 Å². The Labute approximate surface area is 119 Å². The molecule has 11 heteroatoms. The molecule has 1 fully saturated rings. The van der Waals surface area contributed by atoms with E-state index in [0.717, 1.165) is 0 Å². The average molecular weight is 331 g/mol. The van der Waals surface area contributed by atoms with Crippen molar-refractivity contribution in [3.8, 4) is 0 Å². The van der Waals surface area contributed by atoms with Crippen molar-refractivity contribution in [1.29, 1.82) is 0 Å². The first-order valence-corrected chi connectivity index (χ1v) is 6.02. The quantitative estimate of drug-likeness (QED) is 0.687. The number of ether oxygens (including phenoxy) is 1. The third-order valence-electron chi connectivity index (χ3n) is 3.23. The fourth-order valence-electron chi connectivity index (χ4n) is 2.03. The van der Waals surface area contributed by atoms with Gasteiger partial charge < -0.3 is 14.9 Å². The number of H-pyrrole nitrogens is 1. The number of aromatic nitrogens is 2. The highest BCUT2D eigenvalue weighted by atomic mass is 35.5. The molecule has 1 aromatic rings. The molecule has 0 aliphatic carbocycles. The van der Waals surface area contributed by atoms with Crippen molar-refractivity contribution in [3.63, 3.8) is 0 Å². The summed E-state index contributed by atoms with van der Waals surface area (Å²) >= 11 is 5.47. The van der Waals surface area contributed by atoms with E-state index in [4.69, 9.17) is 21.4 Å². The van der Waals surface area contributed by atoms with Gasteiger partial charge in [0.05, 0.1) is 6.61 Å². The molecule has 2 rings (SSSR count). The number of nitrogens with one attached hydrogen (secondary N) is 1. The zero-order chi connectivity index (χ0) is 15.9. The van der Waals surface area contributed by atoms with Gasteiger partial charge in [-0.05, 0) is 0 Å². The molecule has 1 aliphatic rings. The summed E-state index contributed by atoms with van der Waals surface area (Å²) in [5.74, 6) is 0. The Kier molecular flexibility index (Phi) is 4.15. The number of alkyl halides is 3. The maximum atomic E-state index is 14.0. The standard InChI is InChI=1S/C10H10ClF3N2O5/c11-3-1-16(9(20)15-6(3)19)7-4(12)5(18)10(2-17,21-7)8(13)14/h1,4-5,7-8,17-18H,2H2,(H,15,19,20)/t4-,5+,7-,10-/m1/s1. The number of aromatic amines is 1. The summed E-state index contributed by atoms with van der Waals surface area (Å²) in [6, 6.07) is 0. The minimum absolute atomic E-state index is 0.428. The molecule has 0 bridgehead atoms. The first-order valence-electron chi connectivity index (χ1n) is 5.64. The predicted octanol–water partition coefficient (Wildman–Crippen LogP) is -0.586. The third-order valence-corrected chi connectivity index (χ3v) is 3.50. The second kappa shape index (κ2) is 5.44. The lowest BCUT2D eigenvalue weighted by Crippen LogP contribution is -2.51. The van der Waals surface area contributed by atoms with Crippen LogP contribution in [0.15, 0.2) is 15.8 Å². The van der Waals surface area contributed by atoms with Crippen molar-refractivity contribution < 1.29 is 28.1 Å². The van der Waals surface area contributed by atoms with Crippen LogP contribution in [0.5, 0.6) is 0 Å². The summed E-state index contributed by atoms with van der Waals surface area (Å²) in [5, 5.41) is 18.1. The number of aliphatic hydroxyl groups is 2. The topological polar surface area (TPSA) is 105 Å². The highest BCUT2D eigenvalue weighted by Crippen LogP contribution is 2.41. The Morgan fingerprint density at radius 3 is 2.62 bits per heavy atom. The lowest BCUT2D eigenvalue weighted by atomic mass is 9.97. The van der Waals surface area contributed by atoms with Gasteiger partial charge in [-0.15, -0.1) is 0 Å². The largest absolute Gasteiger partial charge is 0.393 e. The number of nitrogens with zero attached hydrogens (tertiary/aromatic N) is 1. The van der Waals surface area contributed by atoms with Gasteiger partial charge >= 0.3 is 5.69 Å². The fourth-order valence-corrected chi connectivity index (χ4v) is 2.18. The molecule has 0 spiro atoms. The van der Waals surface area contributed by atoms with E-state index in [-0.39, 0.29) is 0 Å². The van der Waals surface area contributed by atoms with Gasteiger partial charge in [-0.3, -0.25) is 14.3 Å². The van der Waals surface area contributed by atoms with E-state index in [2.05, 4.69) is 0 Å². The molecule has 0 radical (unpaired) electrons. The van der Waals surface area contributed by atoms with Gasteiger partial charge in [0.2, 0.25) is 0 Å². The van der Waals surface area contributed by atoms with E-state index in [1.54, 1.807) is 4.98 Å². The summed E-state index contributed by atoms with van der Waals surface area (Å²) in [6.45, 7) is -1.37. The monoisotopic (exact) mass is 330 g/mol. The van der Waals surface area contributed by atoms with Gasteiger partial charge in [-0.25, -0.2) is 18.0 Å². The summed E-state index contributed by atoms with van der Waals surface area (Å²) in [5.41, 5.74) is -4.98. The van der Waals surface area contributed by atoms with E-state index in [9.17, 15) is 27.9 Å². The van der Waals surface area contributed by atoms with Crippen LogP contribution in [0.1, 0.15) is 6.23 Å². The van der Waals surface area contributed by atoms with E-state index < -0.39 is 53.4 Å². The van der Waals surface area contributed by atoms with Gasteiger partial charge in [-0.1, -0.05) is 11.6 Å². The van der Waals surface area contributed by atoms with Crippen molar-refractivity contribution in [1.82, 2.24) is 9.55 Å². The number of hydrogen-bond acceptors (Lipinski definition) is 5. The molecular formula is C10H10ClF3N2O5. The molecule has 1 saturated heterocycles. The molecule has 3 N–H and O–H groups in total. The Morgan fingerprint density at radius 2 is 2.14 bits per heavy atom. The van der Waals surface area contributed by atoms with Gasteiger partial charge in [0.15, 0.2) is 18.0 Å². The van der Waals surface area contributed by atoms with Crippen LogP contribution in [-0.2, 0) is 4.74 Å². The van der Waals surface area contributed by atoms with Crippen molar-refractivity contribution in [2.45, 2.75) is 30.5 Å². The average Bonchev–Trinajstić information content (AvgIpc) is 2.68. The van der Waals surface area contributed by atoms with Gasteiger partial charge in [0.25, 0.3) is 12.0 Å². The molecule has 7 nitrogen and oxygen atoms in total. The van der Waals surface area contributed by atoms with Crippen LogP contribution < -0.4 is 11.2 Å². The Morgan fingerprint density at radius 1 is 1.52 bits per heavy atom. The van der Waals surface area contributed by atoms with Crippen LogP contribution in [0.2, 0.25) is 5.02 Å². The molecule has 118 valence electrons. The molecule has 0 aromatic carbocycles. The normalized spacial score (nSPS) is 32.8. The predicted molar refractivity (Wildman–Crippen MR) is 63.2 cm³/mol. The van der Waals surface area contributed by atoms with Crippen molar-refractivity contribution in [3.05, 3.63) is 32.1 Å². The summed E-state index contributed by atoms with van der Waals surface area (Å²) in [6.07, 6.45) is -9.49. The smallest absolute Gasteiger partial charge is 0.330 e. The highest BCUT2D eigenvalue weighted by Gasteiger charge is 2.61. The van der Waals surface area contributed by atoms with Crippen LogP contribution in [0, 0.1) is 0 Å². The van der Waals surface area contributed by atoms with Crippen LogP contribution >= 0.6 is 11.6 Å². The second-order valence-electron chi connectivity index (χ2n) is 4.46. The highest BCUT2D eigenvalue weighted by molar-refractivity contribution is 6.30. The van der Waals surface area contributed by atoms with Crippen molar-refractivity contribution in [2.75, 3.05) is 6.61 Å². The SMILES string of the molecule is O=c1[nH]c(=O)n([C@@H]2O[C@@](CO)(C(F)F)[C@@H](O)[C@H]2F)cc1Cl.